The molecule has 0 heterocycles. The average molecular weight is 399 g/mol. The van der Waals surface area contributed by atoms with Crippen LogP contribution in [0, 0.1) is 5.92 Å². The van der Waals surface area contributed by atoms with Crippen molar-refractivity contribution in [2.75, 3.05) is 33.0 Å². The van der Waals surface area contributed by atoms with Crippen LogP contribution in [-0.2, 0) is 20.0 Å². The summed E-state index contributed by atoms with van der Waals surface area (Å²) in [6.07, 6.45) is 1.10. The van der Waals surface area contributed by atoms with Gasteiger partial charge in [0.05, 0.1) is 13.4 Å². The van der Waals surface area contributed by atoms with Crippen LogP contribution in [0.15, 0.2) is 23.1 Å². The Kier molecular flexibility index (Phi) is 7.48. The Morgan fingerprint density at radius 2 is 1.88 bits per heavy atom. The Hall–Kier alpha value is -0.870. The van der Waals surface area contributed by atoms with E-state index >= 15 is 0 Å². The van der Waals surface area contributed by atoms with E-state index in [0.717, 1.165) is 6.26 Å². The molecule has 0 aliphatic carbocycles. The van der Waals surface area contributed by atoms with E-state index in [2.05, 4.69) is 4.72 Å². The Morgan fingerprint density at radius 1 is 1.25 bits per heavy atom. The molecular weight excluding hydrogens is 376 g/mol. The second-order valence-electron chi connectivity index (χ2n) is 5.71. The van der Waals surface area contributed by atoms with Crippen LogP contribution in [0.2, 0.25) is 5.02 Å². The zero-order valence-electron chi connectivity index (χ0n) is 14.1. The van der Waals surface area contributed by atoms with Gasteiger partial charge in [-0.05, 0) is 24.1 Å². The van der Waals surface area contributed by atoms with Gasteiger partial charge >= 0.3 is 0 Å². The zero-order chi connectivity index (χ0) is 18.5. The predicted molar refractivity (Wildman–Crippen MR) is 94.4 cm³/mol. The van der Waals surface area contributed by atoms with Crippen molar-refractivity contribution < 1.29 is 21.6 Å². The quantitative estimate of drug-likeness (QED) is 0.681. The molecule has 0 bridgehead atoms. The third kappa shape index (κ3) is 6.21. The summed E-state index contributed by atoms with van der Waals surface area (Å²) in [6.45, 7) is 4.08. The average Bonchev–Trinajstić information content (AvgIpc) is 2.44. The topological polar surface area (TPSA) is 92.8 Å². The minimum Gasteiger partial charge on any atom is -0.495 e. The molecule has 0 aliphatic rings. The minimum absolute atomic E-state index is 0.0408. The van der Waals surface area contributed by atoms with Crippen molar-refractivity contribution in [1.29, 1.82) is 0 Å². The molecule has 0 aliphatic heterocycles. The van der Waals surface area contributed by atoms with Crippen molar-refractivity contribution in [2.45, 2.75) is 18.7 Å². The number of ether oxygens (including phenoxy) is 1. The molecule has 0 radical (unpaired) electrons. The van der Waals surface area contributed by atoms with Crippen molar-refractivity contribution in [3.63, 3.8) is 0 Å². The van der Waals surface area contributed by atoms with Crippen LogP contribution in [-0.4, -0.2) is 54.1 Å². The third-order valence-electron chi connectivity index (χ3n) is 3.11. The molecule has 1 aromatic rings. The summed E-state index contributed by atoms with van der Waals surface area (Å²) in [5, 5.41) is 0.258. The third-order valence-corrected chi connectivity index (χ3v) is 6.09. The van der Waals surface area contributed by atoms with Crippen LogP contribution in [0.5, 0.6) is 5.75 Å². The second-order valence-corrected chi connectivity index (χ2v) is 9.86. The maximum Gasteiger partial charge on any atom is 0.244 e. The molecule has 10 heteroatoms. The van der Waals surface area contributed by atoms with Gasteiger partial charge in [-0.2, -0.15) is 0 Å². The number of nitrogens with one attached hydrogen (secondary N) is 1. The minimum atomic E-state index is -3.88. The molecule has 1 N–H and O–H groups in total. The number of hydrogen-bond donors (Lipinski definition) is 1. The predicted octanol–water partition coefficient (Wildman–Crippen LogP) is 1.54. The van der Waals surface area contributed by atoms with Crippen LogP contribution < -0.4 is 9.46 Å². The van der Waals surface area contributed by atoms with E-state index in [-0.39, 0.29) is 34.7 Å². The number of methoxy groups -OCH3 is 1. The Labute approximate surface area is 149 Å². The zero-order valence-corrected chi connectivity index (χ0v) is 16.5. The molecule has 0 saturated heterocycles. The van der Waals surface area contributed by atoms with Gasteiger partial charge in [-0.25, -0.2) is 25.9 Å². The smallest absolute Gasteiger partial charge is 0.244 e. The number of halogens is 1. The fourth-order valence-corrected chi connectivity index (χ4v) is 4.49. The number of benzene rings is 1. The van der Waals surface area contributed by atoms with E-state index in [1.54, 1.807) is 0 Å². The molecule has 0 aromatic heterocycles. The first-order chi connectivity index (χ1) is 11.0. The van der Waals surface area contributed by atoms with Gasteiger partial charge in [0.2, 0.25) is 20.0 Å². The monoisotopic (exact) mass is 398 g/mol. The van der Waals surface area contributed by atoms with E-state index in [0.29, 0.717) is 6.54 Å². The molecule has 7 nitrogen and oxygen atoms in total. The number of nitrogens with zero attached hydrogens (tertiary/aromatic N) is 1. The lowest BCUT2D eigenvalue weighted by Crippen LogP contribution is -2.39. The van der Waals surface area contributed by atoms with Crippen LogP contribution >= 0.6 is 11.6 Å². The van der Waals surface area contributed by atoms with Crippen molar-refractivity contribution in [2.24, 2.45) is 5.92 Å². The van der Waals surface area contributed by atoms with Gasteiger partial charge in [-0.1, -0.05) is 25.4 Å². The maximum atomic E-state index is 12.4. The first-order valence-electron chi connectivity index (χ1n) is 7.25. The summed E-state index contributed by atoms with van der Waals surface area (Å²) in [6, 6.07) is 4.26. The lowest BCUT2D eigenvalue weighted by atomic mass is 10.2. The lowest BCUT2D eigenvalue weighted by molar-refractivity contribution is 0.372. The summed E-state index contributed by atoms with van der Waals surface area (Å²) in [7, 11) is -5.93. The van der Waals surface area contributed by atoms with Gasteiger partial charge in [0, 0.05) is 24.7 Å². The summed E-state index contributed by atoms with van der Waals surface area (Å²) < 4.78 is 57.0. The van der Waals surface area contributed by atoms with Gasteiger partial charge in [-0.3, -0.25) is 0 Å². The second kappa shape index (κ2) is 8.48. The van der Waals surface area contributed by atoms with Crippen molar-refractivity contribution in [1.82, 2.24) is 9.03 Å². The fourth-order valence-electron chi connectivity index (χ4n) is 2.04. The summed E-state index contributed by atoms with van der Waals surface area (Å²) in [5.41, 5.74) is 0. The number of hydrogen-bond acceptors (Lipinski definition) is 5. The molecule has 0 amide bonds. The van der Waals surface area contributed by atoms with E-state index < -0.39 is 20.0 Å². The first-order valence-corrected chi connectivity index (χ1v) is 11.0. The van der Waals surface area contributed by atoms with E-state index in [1.807, 2.05) is 13.8 Å². The highest BCUT2D eigenvalue weighted by Crippen LogP contribution is 2.26. The van der Waals surface area contributed by atoms with Gasteiger partial charge < -0.3 is 4.74 Å². The Bertz CT molecular complexity index is 763. The normalized spacial score (nSPS) is 12.8. The molecule has 0 fully saturated rings. The first kappa shape index (κ1) is 21.2. The number of sulfonamides is 2. The van der Waals surface area contributed by atoms with Gasteiger partial charge in [0.15, 0.2) is 0 Å². The van der Waals surface area contributed by atoms with Crippen LogP contribution in [0.1, 0.15) is 13.8 Å². The Balaban J connectivity index is 2.87. The van der Waals surface area contributed by atoms with Crippen LogP contribution in [0.4, 0.5) is 0 Å². The van der Waals surface area contributed by atoms with Gasteiger partial charge in [0.1, 0.15) is 10.6 Å². The molecule has 1 rings (SSSR count). The highest BCUT2D eigenvalue weighted by molar-refractivity contribution is 7.89. The molecule has 24 heavy (non-hydrogen) atoms. The molecule has 0 spiro atoms. The molecule has 1 aromatic carbocycles. The largest absolute Gasteiger partial charge is 0.495 e. The molecule has 0 saturated carbocycles. The summed E-state index contributed by atoms with van der Waals surface area (Å²) in [5.74, 6) is 0.290. The summed E-state index contributed by atoms with van der Waals surface area (Å²) in [4.78, 5) is -0.0905. The molecule has 0 atom stereocenters. The molecule has 138 valence electrons. The highest BCUT2D eigenvalue weighted by atomic mass is 35.5. The van der Waals surface area contributed by atoms with Crippen molar-refractivity contribution >= 4 is 31.6 Å². The highest BCUT2D eigenvalue weighted by Gasteiger charge is 2.22. The van der Waals surface area contributed by atoms with E-state index in [9.17, 15) is 16.8 Å². The summed E-state index contributed by atoms with van der Waals surface area (Å²) >= 11 is 5.85. The van der Waals surface area contributed by atoms with Gasteiger partial charge in [-0.15, -0.1) is 0 Å². The van der Waals surface area contributed by atoms with Crippen LogP contribution in [0.3, 0.4) is 0 Å². The molecular formula is C14H23ClN2O5S2. The van der Waals surface area contributed by atoms with Crippen molar-refractivity contribution in [3.8, 4) is 5.75 Å². The molecule has 0 unspecified atom stereocenters. The van der Waals surface area contributed by atoms with E-state index in [1.165, 1.54) is 29.6 Å². The standard InChI is InChI=1S/C14H23ClN2O5S2/c1-11(2)10-17(23(4,18)19)8-7-16-24(20,21)14-9-12(15)5-6-13(14)22-3/h5-6,9,11,16H,7-8,10H2,1-4H3. The lowest BCUT2D eigenvalue weighted by Gasteiger charge is -2.22. The van der Waals surface area contributed by atoms with Gasteiger partial charge in [0.25, 0.3) is 0 Å². The van der Waals surface area contributed by atoms with Crippen LogP contribution in [0.25, 0.3) is 0 Å². The van der Waals surface area contributed by atoms with Crippen molar-refractivity contribution in [3.05, 3.63) is 23.2 Å². The maximum absolute atomic E-state index is 12.4. The fraction of sp³-hybridized carbons (Fsp3) is 0.571. The Morgan fingerprint density at radius 3 is 2.38 bits per heavy atom. The van der Waals surface area contributed by atoms with E-state index in [4.69, 9.17) is 16.3 Å². The SMILES string of the molecule is COc1ccc(Cl)cc1S(=O)(=O)NCCN(CC(C)C)S(C)(=O)=O. The number of rotatable bonds is 9.